The average Bonchev–Trinajstić information content (AvgIpc) is 4.12. The fraction of sp³-hybridized carbons (Fsp3) is 0.114. The second-order valence-corrected chi connectivity index (χ2v) is 21.8. The monoisotopic (exact) mass is 952 g/mol. The van der Waals surface area contributed by atoms with Crippen LogP contribution in [0.15, 0.2) is 215 Å². The van der Waals surface area contributed by atoms with E-state index in [1.54, 1.807) is 0 Å². The van der Waals surface area contributed by atoms with Crippen LogP contribution in [0.3, 0.4) is 0 Å². The van der Waals surface area contributed by atoms with Crippen LogP contribution in [0.25, 0.3) is 87.7 Å². The van der Waals surface area contributed by atoms with E-state index in [1.165, 1.54) is 77.2 Å². The number of furan rings is 2. The largest absolute Gasteiger partial charge is 0.454 e. The molecule has 11 aromatic carbocycles. The van der Waals surface area contributed by atoms with E-state index >= 15 is 0 Å². The summed E-state index contributed by atoms with van der Waals surface area (Å²) in [7, 11) is 0. The Labute approximate surface area is 430 Å². The van der Waals surface area contributed by atoms with Crippen LogP contribution in [-0.2, 0) is 10.8 Å². The Morgan fingerprint density at radius 2 is 0.676 bits per heavy atom. The number of hydrogen-bond acceptors (Lipinski definition) is 4. The van der Waals surface area contributed by atoms with E-state index in [0.717, 1.165) is 78.0 Å². The van der Waals surface area contributed by atoms with Crippen LogP contribution in [0.1, 0.15) is 61.1 Å². The zero-order valence-electron chi connectivity index (χ0n) is 42.3. The van der Waals surface area contributed by atoms with E-state index in [1.807, 2.05) is 12.1 Å². The van der Waals surface area contributed by atoms with Gasteiger partial charge in [0.25, 0.3) is 0 Å². The molecule has 0 spiro atoms. The first-order chi connectivity index (χ1) is 36.0. The second kappa shape index (κ2) is 15.3. The number of para-hydroxylation sites is 6. The van der Waals surface area contributed by atoms with Crippen molar-refractivity contribution in [3.8, 4) is 22.3 Å². The van der Waals surface area contributed by atoms with Crippen LogP contribution in [0.4, 0.5) is 34.1 Å². The molecule has 2 aromatic heterocycles. The molecule has 15 rings (SSSR count). The van der Waals surface area contributed by atoms with Crippen molar-refractivity contribution in [2.45, 2.75) is 52.4 Å². The van der Waals surface area contributed by atoms with E-state index in [0.29, 0.717) is 0 Å². The first-order valence-electron chi connectivity index (χ1n) is 25.9. The van der Waals surface area contributed by atoms with Gasteiger partial charge in [-0.1, -0.05) is 137 Å². The van der Waals surface area contributed by atoms with Crippen molar-refractivity contribution >= 4 is 99.5 Å². The molecule has 0 saturated carbocycles. The lowest BCUT2D eigenvalue weighted by Gasteiger charge is -2.27. The third-order valence-corrected chi connectivity index (χ3v) is 16.8. The molecule has 354 valence electrons. The lowest BCUT2D eigenvalue weighted by Crippen LogP contribution is -2.17. The Hall–Kier alpha value is -8.86. The highest BCUT2D eigenvalue weighted by atomic mass is 16.3. The molecule has 4 nitrogen and oxygen atoms in total. The number of fused-ring (bicyclic) bond motifs is 14. The molecule has 0 unspecified atom stereocenters. The lowest BCUT2D eigenvalue weighted by atomic mass is 9.79. The van der Waals surface area contributed by atoms with Gasteiger partial charge in [-0.05, 0) is 188 Å². The summed E-state index contributed by atoms with van der Waals surface area (Å²) in [5.74, 6) is 0. The van der Waals surface area contributed by atoms with Crippen LogP contribution in [-0.4, -0.2) is 0 Å². The Morgan fingerprint density at radius 3 is 1.12 bits per heavy atom. The van der Waals surface area contributed by atoms with Gasteiger partial charge in [0.15, 0.2) is 11.2 Å². The predicted octanol–water partition coefficient (Wildman–Crippen LogP) is 20.0. The molecule has 0 radical (unpaired) electrons. The van der Waals surface area contributed by atoms with Crippen molar-refractivity contribution in [2.24, 2.45) is 0 Å². The number of nitrogens with zero attached hydrogens (tertiary/aromatic N) is 2. The van der Waals surface area contributed by atoms with Gasteiger partial charge in [-0.3, -0.25) is 0 Å². The summed E-state index contributed by atoms with van der Waals surface area (Å²) >= 11 is 0. The number of rotatable bonds is 6. The molecule has 4 heteroatoms. The molecule has 0 atom stereocenters. The molecule has 0 N–H and O–H groups in total. The van der Waals surface area contributed by atoms with Gasteiger partial charge in [0.1, 0.15) is 11.2 Å². The van der Waals surface area contributed by atoms with Gasteiger partial charge in [-0.2, -0.15) is 0 Å². The van der Waals surface area contributed by atoms with Gasteiger partial charge in [0.2, 0.25) is 0 Å². The quantitative estimate of drug-likeness (QED) is 0.166. The van der Waals surface area contributed by atoms with Crippen LogP contribution < -0.4 is 9.80 Å². The highest BCUT2D eigenvalue weighted by Crippen LogP contribution is 2.58. The topological polar surface area (TPSA) is 32.8 Å². The van der Waals surface area contributed by atoms with Gasteiger partial charge in [0.05, 0.1) is 11.4 Å². The molecule has 2 aliphatic carbocycles. The third-order valence-electron chi connectivity index (χ3n) is 16.8. The smallest absolute Gasteiger partial charge is 0.159 e. The van der Waals surface area contributed by atoms with E-state index < -0.39 is 0 Å². The highest BCUT2D eigenvalue weighted by molar-refractivity contribution is 6.12. The molecule has 74 heavy (non-hydrogen) atoms. The van der Waals surface area contributed by atoms with Crippen molar-refractivity contribution < 1.29 is 8.83 Å². The summed E-state index contributed by atoms with van der Waals surface area (Å²) < 4.78 is 13.3. The SMILES string of the molecule is Cc1ccccc1N(c1ccc2cc3c(cc2c1)C(C)(C)c1cc2c(cc1-3)C(C)(C)c1cc3cc(N(c4ccccc4C)c4cccc5c4oc4ccccc45)ccc3cc1-2)c1cccc2c1oc1ccccc12. The molecule has 2 heterocycles. The maximum absolute atomic E-state index is 6.67. The van der Waals surface area contributed by atoms with Crippen LogP contribution in [0.2, 0.25) is 0 Å². The van der Waals surface area contributed by atoms with Gasteiger partial charge < -0.3 is 18.6 Å². The zero-order chi connectivity index (χ0) is 49.8. The molecule has 0 fully saturated rings. The minimum absolute atomic E-state index is 0.222. The fourth-order valence-corrected chi connectivity index (χ4v) is 13.0. The molecule has 0 bridgehead atoms. The summed E-state index contributed by atoms with van der Waals surface area (Å²) in [5, 5.41) is 9.37. The summed E-state index contributed by atoms with van der Waals surface area (Å²) in [6.07, 6.45) is 0. The Morgan fingerprint density at radius 1 is 0.311 bits per heavy atom. The van der Waals surface area contributed by atoms with Crippen molar-refractivity contribution in [3.05, 3.63) is 240 Å². The van der Waals surface area contributed by atoms with Gasteiger partial charge in [-0.25, -0.2) is 0 Å². The standard InChI is InChI=1S/C70H52N2O2/c1-41-17-7-11-23-61(41)71(63-25-15-21-51-49-19-9-13-27-65(49)73-67(51)63)47-31-29-43-35-53-55-39-60-56(40-59(55)69(3,4)57(53)37-45(43)33-47)54-36-44-30-32-48(34-46(44)38-58(54)70(60,5)6)72(62-24-12-8-18-42(62)2)64-26-16-22-52-50-20-10-14-28-66(50)74-68(52)64/h7-40H,1-6H3. The maximum Gasteiger partial charge on any atom is 0.159 e. The summed E-state index contributed by atoms with van der Waals surface area (Å²) in [6, 6.07) is 75.8. The molecule has 0 saturated heterocycles. The number of hydrogen-bond donors (Lipinski definition) is 0. The van der Waals surface area contributed by atoms with Crippen molar-refractivity contribution in [2.75, 3.05) is 9.80 Å². The molecule has 2 aliphatic rings. The number of benzene rings is 11. The molecule has 0 aliphatic heterocycles. The average molecular weight is 953 g/mol. The minimum Gasteiger partial charge on any atom is -0.454 e. The Bertz CT molecular complexity index is 4250. The number of aryl methyl sites for hydroxylation is 2. The van der Waals surface area contributed by atoms with Crippen LogP contribution in [0, 0.1) is 13.8 Å². The molecule has 13 aromatic rings. The summed E-state index contributed by atoms with van der Waals surface area (Å²) in [6.45, 7) is 14.0. The van der Waals surface area contributed by atoms with E-state index in [2.05, 4.69) is 245 Å². The van der Waals surface area contributed by atoms with E-state index in [4.69, 9.17) is 8.83 Å². The van der Waals surface area contributed by atoms with Crippen molar-refractivity contribution in [3.63, 3.8) is 0 Å². The Kier molecular flexibility index (Phi) is 8.87. The first kappa shape index (κ1) is 42.8. The van der Waals surface area contributed by atoms with E-state index in [9.17, 15) is 0 Å². The number of anilines is 6. The maximum atomic E-state index is 6.67. The predicted molar refractivity (Wildman–Crippen MR) is 310 cm³/mol. The first-order valence-corrected chi connectivity index (χ1v) is 25.9. The van der Waals surface area contributed by atoms with Gasteiger partial charge in [-0.15, -0.1) is 0 Å². The molecule has 0 amide bonds. The van der Waals surface area contributed by atoms with Gasteiger partial charge >= 0.3 is 0 Å². The summed E-state index contributed by atoms with van der Waals surface area (Å²) in [5.41, 5.74) is 22.8. The highest BCUT2D eigenvalue weighted by Gasteiger charge is 2.42. The van der Waals surface area contributed by atoms with Crippen molar-refractivity contribution in [1.29, 1.82) is 0 Å². The lowest BCUT2D eigenvalue weighted by molar-refractivity contribution is 0.653. The molecular weight excluding hydrogens is 901 g/mol. The minimum atomic E-state index is -0.222. The summed E-state index contributed by atoms with van der Waals surface area (Å²) in [4.78, 5) is 4.76. The second-order valence-electron chi connectivity index (χ2n) is 21.8. The fourth-order valence-electron chi connectivity index (χ4n) is 13.0. The molecular formula is C70H52N2O2. The third kappa shape index (κ3) is 6.03. The van der Waals surface area contributed by atoms with Gasteiger partial charge in [0, 0.05) is 55.1 Å². The van der Waals surface area contributed by atoms with Crippen LogP contribution >= 0.6 is 0 Å². The zero-order valence-corrected chi connectivity index (χ0v) is 42.3. The van der Waals surface area contributed by atoms with Crippen molar-refractivity contribution in [1.82, 2.24) is 0 Å². The van der Waals surface area contributed by atoms with Crippen LogP contribution in [0.5, 0.6) is 0 Å². The normalized spacial score (nSPS) is 14.0. The Balaban J connectivity index is 0.834. The van der Waals surface area contributed by atoms with E-state index in [-0.39, 0.29) is 10.8 Å².